The molecule has 4 nitrogen and oxygen atoms in total. The third kappa shape index (κ3) is 2.40. The van der Waals surface area contributed by atoms with E-state index in [1.165, 1.54) is 0 Å². The third-order valence-corrected chi connectivity index (χ3v) is 4.26. The molecule has 0 bridgehead atoms. The van der Waals surface area contributed by atoms with Gasteiger partial charge >= 0.3 is 0 Å². The summed E-state index contributed by atoms with van der Waals surface area (Å²) < 4.78 is 11.6. The highest BCUT2D eigenvalue weighted by atomic mass is 16.5. The second-order valence-corrected chi connectivity index (χ2v) is 6.59. The number of aromatic hydroxyl groups is 2. The van der Waals surface area contributed by atoms with Crippen LogP contribution in [0.25, 0.3) is 17.7 Å². The van der Waals surface area contributed by atoms with Gasteiger partial charge in [-0.15, -0.1) is 0 Å². The van der Waals surface area contributed by atoms with Crippen molar-refractivity contribution in [2.75, 3.05) is 6.61 Å². The van der Waals surface area contributed by atoms with Crippen LogP contribution in [0.1, 0.15) is 30.5 Å². The lowest BCUT2D eigenvalue weighted by Crippen LogP contribution is -2.27. The van der Waals surface area contributed by atoms with Gasteiger partial charge in [0, 0.05) is 22.8 Å². The van der Waals surface area contributed by atoms with Gasteiger partial charge in [-0.25, -0.2) is 0 Å². The van der Waals surface area contributed by atoms with E-state index in [2.05, 4.69) is 0 Å². The summed E-state index contributed by atoms with van der Waals surface area (Å²) in [5, 5.41) is 20.2. The van der Waals surface area contributed by atoms with E-state index in [1.54, 1.807) is 18.2 Å². The highest BCUT2D eigenvalue weighted by Crippen LogP contribution is 2.42. The molecule has 2 aromatic rings. The van der Waals surface area contributed by atoms with E-state index in [-0.39, 0.29) is 17.1 Å². The summed E-state index contributed by atoms with van der Waals surface area (Å²) in [5.41, 5.74) is 2.78. The quantitative estimate of drug-likeness (QED) is 0.825. The minimum absolute atomic E-state index is 0.173. The Balaban J connectivity index is 1.77. The van der Waals surface area contributed by atoms with Crippen LogP contribution in [-0.4, -0.2) is 22.4 Å². The van der Waals surface area contributed by atoms with E-state index in [0.717, 1.165) is 16.7 Å². The molecule has 0 atom stereocenters. The average molecular weight is 322 g/mol. The van der Waals surface area contributed by atoms with Crippen molar-refractivity contribution in [2.45, 2.75) is 19.4 Å². The van der Waals surface area contributed by atoms with Crippen LogP contribution in [0.5, 0.6) is 23.0 Å². The van der Waals surface area contributed by atoms with Crippen LogP contribution < -0.4 is 9.47 Å². The molecule has 2 aliphatic rings. The van der Waals surface area contributed by atoms with Crippen molar-refractivity contribution in [1.29, 1.82) is 0 Å². The molecular weight excluding hydrogens is 304 g/mol. The largest absolute Gasteiger partial charge is 0.508 e. The zero-order chi connectivity index (χ0) is 16.9. The number of benzene rings is 2. The van der Waals surface area contributed by atoms with Gasteiger partial charge in [-0.3, -0.25) is 0 Å². The van der Waals surface area contributed by atoms with Crippen molar-refractivity contribution in [2.24, 2.45) is 0 Å². The predicted octanol–water partition coefficient (Wildman–Crippen LogP) is 4.22. The molecule has 4 rings (SSSR count). The number of hydrogen-bond acceptors (Lipinski definition) is 4. The molecule has 2 N–H and O–H groups in total. The molecule has 0 fully saturated rings. The van der Waals surface area contributed by atoms with E-state index in [0.29, 0.717) is 23.7 Å². The Morgan fingerprint density at radius 2 is 1.88 bits per heavy atom. The molecule has 0 unspecified atom stereocenters. The van der Waals surface area contributed by atoms with Crippen LogP contribution in [0, 0.1) is 0 Å². The zero-order valence-electron chi connectivity index (χ0n) is 13.5. The van der Waals surface area contributed by atoms with Crippen molar-refractivity contribution in [1.82, 2.24) is 0 Å². The summed E-state index contributed by atoms with van der Waals surface area (Å²) in [6.45, 7) is 4.28. The molecule has 4 heteroatoms. The minimum Gasteiger partial charge on any atom is -0.508 e. The van der Waals surface area contributed by atoms with Crippen LogP contribution in [0.4, 0.5) is 0 Å². The fraction of sp³-hybridized carbons (Fsp3) is 0.200. The number of fused-ring (bicyclic) bond motifs is 2. The Morgan fingerprint density at radius 1 is 1.04 bits per heavy atom. The molecule has 24 heavy (non-hydrogen) atoms. The standard InChI is InChI=1S/C20H18O4/c1-20(2)8-7-16-17(24-20)6-5-15(19(16)22)13-9-12-3-4-14(21)10-18(12)23-11-13/h3-10,21-22H,11H2,1-2H3. The molecule has 122 valence electrons. The molecular formula is C20H18O4. The molecule has 2 aliphatic heterocycles. The first-order chi connectivity index (χ1) is 11.4. The summed E-state index contributed by atoms with van der Waals surface area (Å²) >= 11 is 0. The highest BCUT2D eigenvalue weighted by Gasteiger charge is 2.25. The predicted molar refractivity (Wildman–Crippen MR) is 93.3 cm³/mol. The number of phenols is 2. The van der Waals surface area contributed by atoms with Gasteiger partial charge in [0.1, 0.15) is 35.2 Å². The maximum Gasteiger partial charge on any atom is 0.134 e. The SMILES string of the molecule is CC1(C)C=Cc2c(ccc(C3=Cc4ccc(O)cc4OC3)c2O)O1. The molecule has 0 aromatic heterocycles. The van der Waals surface area contributed by atoms with Crippen molar-refractivity contribution < 1.29 is 19.7 Å². The van der Waals surface area contributed by atoms with Gasteiger partial charge in [0.05, 0.1) is 5.56 Å². The van der Waals surface area contributed by atoms with Gasteiger partial charge in [-0.2, -0.15) is 0 Å². The Bertz CT molecular complexity index is 891. The number of ether oxygens (including phenoxy) is 2. The fourth-order valence-corrected chi connectivity index (χ4v) is 3.01. The first kappa shape index (κ1) is 14.7. The maximum atomic E-state index is 10.7. The van der Waals surface area contributed by atoms with Crippen LogP contribution in [0.15, 0.2) is 36.4 Å². The van der Waals surface area contributed by atoms with E-state index in [9.17, 15) is 10.2 Å². The van der Waals surface area contributed by atoms with Crippen LogP contribution >= 0.6 is 0 Å². The molecule has 0 saturated heterocycles. The van der Waals surface area contributed by atoms with Crippen molar-refractivity contribution >= 4 is 17.7 Å². The lowest BCUT2D eigenvalue weighted by molar-refractivity contribution is 0.158. The summed E-state index contributed by atoms with van der Waals surface area (Å²) in [7, 11) is 0. The van der Waals surface area contributed by atoms with Gasteiger partial charge in [0.2, 0.25) is 0 Å². The fourth-order valence-electron chi connectivity index (χ4n) is 3.01. The molecule has 0 amide bonds. The van der Waals surface area contributed by atoms with Gasteiger partial charge in [-0.05, 0) is 56.3 Å². The van der Waals surface area contributed by atoms with E-state index in [4.69, 9.17) is 9.47 Å². The van der Waals surface area contributed by atoms with Crippen molar-refractivity contribution in [3.63, 3.8) is 0 Å². The first-order valence-corrected chi connectivity index (χ1v) is 7.84. The van der Waals surface area contributed by atoms with Gasteiger partial charge in [0.15, 0.2) is 0 Å². The number of phenolic OH excluding ortho intramolecular Hbond substituents is 2. The molecule has 0 radical (unpaired) electrons. The van der Waals surface area contributed by atoms with Crippen LogP contribution in [-0.2, 0) is 0 Å². The number of hydrogen-bond donors (Lipinski definition) is 2. The number of rotatable bonds is 1. The summed E-state index contributed by atoms with van der Waals surface area (Å²) in [6, 6.07) is 8.73. The Morgan fingerprint density at radius 3 is 2.71 bits per heavy atom. The summed E-state index contributed by atoms with van der Waals surface area (Å²) in [6.07, 6.45) is 5.80. The lowest BCUT2D eigenvalue weighted by atomic mass is 9.95. The maximum absolute atomic E-state index is 10.7. The monoisotopic (exact) mass is 322 g/mol. The van der Waals surface area contributed by atoms with Crippen molar-refractivity contribution in [3.05, 3.63) is 53.1 Å². The van der Waals surface area contributed by atoms with Crippen LogP contribution in [0.3, 0.4) is 0 Å². The Hall–Kier alpha value is -2.88. The third-order valence-electron chi connectivity index (χ3n) is 4.26. The van der Waals surface area contributed by atoms with Gasteiger partial charge in [-0.1, -0.05) is 0 Å². The molecule has 2 aromatic carbocycles. The normalized spacial score (nSPS) is 17.2. The second kappa shape index (κ2) is 5.06. The first-order valence-electron chi connectivity index (χ1n) is 7.84. The topological polar surface area (TPSA) is 58.9 Å². The molecule has 2 heterocycles. The zero-order valence-corrected chi connectivity index (χ0v) is 13.5. The second-order valence-electron chi connectivity index (χ2n) is 6.59. The molecule has 0 spiro atoms. The van der Waals surface area contributed by atoms with E-state index in [1.807, 2.05) is 44.2 Å². The summed E-state index contributed by atoms with van der Waals surface area (Å²) in [5.74, 6) is 1.68. The molecule has 0 saturated carbocycles. The molecule has 0 aliphatic carbocycles. The highest BCUT2D eigenvalue weighted by molar-refractivity contribution is 5.89. The lowest BCUT2D eigenvalue weighted by Gasteiger charge is -2.29. The van der Waals surface area contributed by atoms with Gasteiger partial charge < -0.3 is 19.7 Å². The van der Waals surface area contributed by atoms with Crippen LogP contribution in [0.2, 0.25) is 0 Å². The Labute approximate surface area is 140 Å². The smallest absolute Gasteiger partial charge is 0.134 e. The van der Waals surface area contributed by atoms with E-state index < -0.39 is 0 Å². The van der Waals surface area contributed by atoms with Gasteiger partial charge in [0.25, 0.3) is 0 Å². The van der Waals surface area contributed by atoms with Crippen molar-refractivity contribution in [3.8, 4) is 23.0 Å². The van der Waals surface area contributed by atoms with E-state index >= 15 is 0 Å². The minimum atomic E-state index is -0.380. The average Bonchev–Trinajstić information content (AvgIpc) is 2.54. The summed E-state index contributed by atoms with van der Waals surface area (Å²) in [4.78, 5) is 0. The Kier molecular flexibility index (Phi) is 3.10.